The zero-order valence-corrected chi connectivity index (χ0v) is 35.4. The van der Waals surface area contributed by atoms with Crippen molar-refractivity contribution in [3.05, 3.63) is 142 Å². The molecule has 2 heterocycles. The summed E-state index contributed by atoms with van der Waals surface area (Å²) in [4.78, 5) is 10.6. The second-order valence-corrected chi connectivity index (χ2v) is 19.9. The maximum Gasteiger partial charge on any atom is 0.132 e. The molecule has 0 radical (unpaired) electrons. The topological polar surface area (TPSA) is 66.2 Å². The number of aromatic nitrogens is 2. The lowest BCUT2D eigenvalue weighted by Crippen LogP contribution is -2.19. The van der Waals surface area contributed by atoms with Crippen molar-refractivity contribution in [2.45, 2.75) is 112 Å². The molecule has 0 saturated carbocycles. The smallest absolute Gasteiger partial charge is 0.132 e. The van der Waals surface area contributed by atoms with E-state index >= 15 is 0 Å². The Kier molecular flexibility index (Phi) is 9.59. The van der Waals surface area contributed by atoms with Gasteiger partial charge in [0.2, 0.25) is 0 Å². The lowest BCUT2D eigenvalue weighted by atomic mass is 9.73. The van der Waals surface area contributed by atoms with E-state index in [0.717, 1.165) is 56.1 Å². The minimum absolute atomic E-state index is 0.0300. The highest BCUT2D eigenvalue weighted by Gasteiger charge is 2.32. The fourth-order valence-electron chi connectivity index (χ4n) is 7.73. The number of hydrogen-bond donors (Lipinski definition) is 2. The van der Waals surface area contributed by atoms with Crippen LogP contribution >= 0.6 is 0 Å². The molecule has 0 spiro atoms. The van der Waals surface area contributed by atoms with E-state index in [1.54, 1.807) is 0 Å². The van der Waals surface area contributed by atoms with E-state index in [-0.39, 0.29) is 33.3 Å². The number of rotatable bonds is 4. The highest BCUT2D eigenvalue weighted by atomic mass is 16.3. The SMILES string of the molecule is CC(C)(C)C1=CC(c2ccc3ccc4ccc(-c5cc(C(C)(C)C)cc(-c6ccc(C(C)(C)C)cc6)c5O)nc4c3n2)=C(O)C(c2ccc(C(C)(C)C)cc2)C1. The fraction of sp³-hybridized carbons (Fsp3) is 0.346. The lowest BCUT2D eigenvalue weighted by Gasteiger charge is -2.32. The fourth-order valence-corrected chi connectivity index (χ4v) is 7.73. The molecule has 0 fully saturated rings. The molecule has 0 aliphatic heterocycles. The molecular formula is C52H58N2O2. The number of aromatic hydroxyl groups is 1. The summed E-state index contributed by atoms with van der Waals surface area (Å²) in [7, 11) is 0. The first-order valence-electron chi connectivity index (χ1n) is 20.0. The Morgan fingerprint density at radius 2 is 0.964 bits per heavy atom. The van der Waals surface area contributed by atoms with Crippen molar-refractivity contribution in [2.75, 3.05) is 0 Å². The average molecular weight is 743 g/mol. The van der Waals surface area contributed by atoms with Crippen molar-refractivity contribution in [3.8, 4) is 28.1 Å². The zero-order valence-electron chi connectivity index (χ0n) is 35.4. The van der Waals surface area contributed by atoms with Gasteiger partial charge in [0.15, 0.2) is 0 Å². The van der Waals surface area contributed by atoms with Crippen LogP contribution in [0.5, 0.6) is 5.75 Å². The molecule has 0 saturated heterocycles. The molecule has 1 atom stereocenters. The predicted molar refractivity (Wildman–Crippen MR) is 237 cm³/mol. The standard InChI is InChI=1S/C52H58N2O2/c1-49(2,3)35-21-15-31(16-22-35)39-27-37(51(7,8)9)29-41(47(39)55)43-25-19-33-13-14-34-20-26-44(54-46(34)45(33)53-43)42-30-38(52(10,11)12)28-40(48(42)56)32-17-23-36(24-18-32)50(4,5)6/h13-27,29-30,40,55-56H,28H2,1-12H3. The summed E-state index contributed by atoms with van der Waals surface area (Å²) in [5.74, 6) is 0.375. The van der Waals surface area contributed by atoms with Crippen LogP contribution < -0.4 is 0 Å². The van der Waals surface area contributed by atoms with Crippen LogP contribution in [-0.2, 0) is 16.2 Å². The first kappa shape index (κ1) is 39.0. The van der Waals surface area contributed by atoms with Crippen LogP contribution in [0.4, 0.5) is 0 Å². The van der Waals surface area contributed by atoms with E-state index in [4.69, 9.17) is 9.97 Å². The molecule has 4 aromatic carbocycles. The molecule has 2 N–H and O–H groups in total. The minimum Gasteiger partial charge on any atom is -0.511 e. The summed E-state index contributed by atoms with van der Waals surface area (Å²) in [5, 5.41) is 26.0. The van der Waals surface area contributed by atoms with Gasteiger partial charge in [-0.05, 0) is 86.2 Å². The quantitative estimate of drug-likeness (QED) is 0.177. The van der Waals surface area contributed by atoms with Gasteiger partial charge in [0.25, 0.3) is 0 Å². The highest BCUT2D eigenvalue weighted by molar-refractivity contribution is 6.04. The highest BCUT2D eigenvalue weighted by Crippen LogP contribution is 2.46. The molecule has 1 aliphatic rings. The van der Waals surface area contributed by atoms with E-state index in [0.29, 0.717) is 22.7 Å². The van der Waals surface area contributed by atoms with E-state index in [1.807, 2.05) is 12.1 Å². The Hall–Kier alpha value is -5.22. The molecule has 1 unspecified atom stereocenters. The van der Waals surface area contributed by atoms with Crippen LogP contribution in [0.25, 0.3) is 49.8 Å². The summed E-state index contributed by atoms with van der Waals surface area (Å²) in [6, 6.07) is 33.8. The Bertz CT molecular complexity index is 2530. The number of nitrogens with zero attached hydrogens (tertiary/aromatic N) is 2. The van der Waals surface area contributed by atoms with Crippen molar-refractivity contribution < 1.29 is 10.2 Å². The number of pyridine rings is 2. The van der Waals surface area contributed by atoms with Crippen molar-refractivity contribution >= 4 is 27.4 Å². The third-order valence-electron chi connectivity index (χ3n) is 11.6. The molecule has 288 valence electrons. The molecule has 0 bridgehead atoms. The van der Waals surface area contributed by atoms with Crippen molar-refractivity contribution in [1.82, 2.24) is 9.97 Å². The summed E-state index contributed by atoms with van der Waals surface area (Å²) in [6.07, 6.45) is 2.90. The molecule has 7 rings (SSSR count). The van der Waals surface area contributed by atoms with E-state index in [2.05, 4.69) is 174 Å². The second-order valence-electron chi connectivity index (χ2n) is 19.9. The summed E-state index contributed by atoms with van der Waals surface area (Å²) >= 11 is 0. The lowest BCUT2D eigenvalue weighted by molar-refractivity contribution is 0.354. The Morgan fingerprint density at radius 1 is 0.500 bits per heavy atom. The number of phenols is 1. The van der Waals surface area contributed by atoms with Gasteiger partial charge in [-0.25, -0.2) is 9.97 Å². The largest absolute Gasteiger partial charge is 0.511 e. The predicted octanol–water partition coefficient (Wildman–Crippen LogP) is 14.1. The van der Waals surface area contributed by atoms with E-state index in [9.17, 15) is 10.2 Å². The van der Waals surface area contributed by atoms with Crippen LogP contribution in [-0.4, -0.2) is 20.2 Å². The number of aliphatic hydroxyl groups is 1. The van der Waals surface area contributed by atoms with Gasteiger partial charge in [0.1, 0.15) is 11.5 Å². The number of allylic oxidation sites excluding steroid dienone is 4. The number of benzene rings is 4. The summed E-state index contributed by atoms with van der Waals surface area (Å²) in [5.41, 5.74) is 11.9. The first-order valence-corrected chi connectivity index (χ1v) is 20.0. The van der Waals surface area contributed by atoms with Gasteiger partial charge in [-0.3, -0.25) is 0 Å². The Balaban J connectivity index is 1.38. The Labute approximate surface area is 334 Å². The van der Waals surface area contributed by atoms with Gasteiger partial charge in [-0.15, -0.1) is 0 Å². The van der Waals surface area contributed by atoms with Crippen molar-refractivity contribution in [2.24, 2.45) is 5.41 Å². The van der Waals surface area contributed by atoms with Crippen LogP contribution in [0.15, 0.2) is 114 Å². The number of aliphatic hydroxyl groups excluding tert-OH is 1. The monoisotopic (exact) mass is 742 g/mol. The minimum atomic E-state index is -0.176. The third kappa shape index (κ3) is 7.51. The molecule has 0 amide bonds. The molecule has 56 heavy (non-hydrogen) atoms. The second kappa shape index (κ2) is 13.8. The maximum atomic E-state index is 12.1. The summed E-state index contributed by atoms with van der Waals surface area (Å²) < 4.78 is 0. The normalized spacial score (nSPS) is 15.8. The number of phenolic OH excluding ortho intramolecular Hbond substituents is 1. The van der Waals surface area contributed by atoms with Crippen molar-refractivity contribution in [1.29, 1.82) is 0 Å². The van der Waals surface area contributed by atoms with Gasteiger partial charge in [0, 0.05) is 33.4 Å². The Morgan fingerprint density at radius 3 is 1.48 bits per heavy atom. The zero-order chi connectivity index (χ0) is 40.5. The van der Waals surface area contributed by atoms with Crippen LogP contribution in [0.2, 0.25) is 0 Å². The molecule has 4 heteroatoms. The van der Waals surface area contributed by atoms with Crippen molar-refractivity contribution in [3.63, 3.8) is 0 Å². The van der Waals surface area contributed by atoms with Gasteiger partial charge in [-0.1, -0.05) is 161 Å². The van der Waals surface area contributed by atoms with Gasteiger partial charge in [-0.2, -0.15) is 0 Å². The number of hydrogen-bond acceptors (Lipinski definition) is 4. The third-order valence-corrected chi connectivity index (χ3v) is 11.6. The molecule has 2 aromatic heterocycles. The number of fused-ring (bicyclic) bond motifs is 3. The van der Waals surface area contributed by atoms with Gasteiger partial charge < -0.3 is 10.2 Å². The first-order chi connectivity index (χ1) is 26.1. The molecule has 6 aromatic rings. The van der Waals surface area contributed by atoms with E-state index in [1.165, 1.54) is 16.7 Å². The van der Waals surface area contributed by atoms with Crippen LogP contribution in [0.3, 0.4) is 0 Å². The van der Waals surface area contributed by atoms with Gasteiger partial charge >= 0.3 is 0 Å². The maximum absolute atomic E-state index is 12.1. The summed E-state index contributed by atoms with van der Waals surface area (Å²) in [6.45, 7) is 26.6. The van der Waals surface area contributed by atoms with Crippen LogP contribution in [0.1, 0.15) is 123 Å². The molecule has 4 nitrogen and oxygen atoms in total. The van der Waals surface area contributed by atoms with E-state index < -0.39 is 0 Å². The average Bonchev–Trinajstić information content (AvgIpc) is 3.13. The molecular weight excluding hydrogens is 685 g/mol. The van der Waals surface area contributed by atoms with Crippen LogP contribution in [0, 0.1) is 5.41 Å². The van der Waals surface area contributed by atoms with Gasteiger partial charge in [0.05, 0.1) is 22.4 Å². The molecule has 1 aliphatic carbocycles.